The lowest BCUT2D eigenvalue weighted by Gasteiger charge is -2.20. The van der Waals surface area contributed by atoms with Crippen LogP contribution in [-0.2, 0) is 9.84 Å². The maximum atomic E-state index is 12.6. The lowest BCUT2D eigenvalue weighted by Crippen LogP contribution is -2.46. The zero-order valence-electron chi connectivity index (χ0n) is 17.1. The third-order valence-corrected chi connectivity index (χ3v) is 6.10. The Hall–Kier alpha value is -1.81. The van der Waals surface area contributed by atoms with Gasteiger partial charge in [0, 0.05) is 13.1 Å². The fraction of sp³-hybridized carbons (Fsp3) is 0.381. The highest BCUT2D eigenvalue weighted by molar-refractivity contribution is 14.0. The Bertz CT molecular complexity index is 856. The molecule has 0 saturated heterocycles. The Kier molecular flexibility index (Phi) is 11.0. The molecule has 29 heavy (non-hydrogen) atoms. The number of halogens is 1. The molecule has 2 aromatic carbocycles. The normalized spacial score (nSPS) is 12.6. The minimum atomic E-state index is -3.36. The van der Waals surface area contributed by atoms with E-state index in [0.29, 0.717) is 30.4 Å². The minimum absolute atomic E-state index is 0. The van der Waals surface area contributed by atoms with Gasteiger partial charge in [0.25, 0.3) is 0 Å². The first-order valence-corrected chi connectivity index (χ1v) is 11.0. The highest BCUT2D eigenvalue weighted by Gasteiger charge is 2.20. The third-order valence-electron chi connectivity index (χ3n) is 4.26. The molecule has 0 aliphatic heterocycles. The number of nitrogens with zero attached hydrogens (tertiary/aromatic N) is 1. The van der Waals surface area contributed by atoms with Crippen molar-refractivity contribution in [1.82, 2.24) is 10.6 Å². The Morgan fingerprint density at radius 2 is 1.76 bits per heavy atom. The molecule has 2 rings (SSSR count). The molecule has 0 aliphatic carbocycles. The van der Waals surface area contributed by atoms with Crippen molar-refractivity contribution in [2.24, 2.45) is 4.99 Å². The number of benzene rings is 2. The number of ether oxygens (including phenoxy) is 1. The maximum Gasteiger partial charge on any atom is 0.191 e. The van der Waals surface area contributed by atoms with Crippen LogP contribution in [0.25, 0.3) is 0 Å². The second-order valence-electron chi connectivity index (χ2n) is 6.50. The summed E-state index contributed by atoms with van der Waals surface area (Å²) in [6.07, 6.45) is 0.659. The van der Waals surface area contributed by atoms with Crippen LogP contribution >= 0.6 is 24.0 Å². The van der Waals surface area contributed by atoms with Crippen molar-refractivity contribution in [2.75, 3.05) is 26.0 Å². The highest BCUT2D eigenvalue weighted by Crippen LogP contribution is 2.12. The van der Waals surface area contributed by atoms with Crippen molar-refractivity contribution in [3.63, 3.8) is 0 Å². The van der Waals surface area contributed by atoms with Gasteiger partial charge < -0.3 is 15.4 Å². The molecule has 0 bridgehead atoms. The summed E-state index contributed by atoms with van der Waals surface area (Å²) < 4.78 is 30.9. The van der Waals surface area contributed by atoms with Crippen LogP contribution in [0.2, 0.25) is 0 Å². The number of rotatable bonds is 9. The quantitative estimate of drug-likeness (QED) is 0.225. The molecule has 8 heteroatoms. The molecule has 0 spiro atoms. The van der Waals surface area contributed by atoms with Crippen LogP contribution in [0.5, 0.6) is 5.75 Å². The molecule has 0 saturated carbocycles. The van der Waals surface area contributed by atoms with Gasteiger partial charge in [0.15, 0.2) is 15.8 Å². The Balaban J connectivity index is 0.00000420. The number of sulfone groups is 1. The van der Waals surface area contributed by atoms with E-state index in [1.807, 2.05) is 38.1 Å². The van der Waals surface area contributed by atoms with Crippen LogP contribution in [0.3, 0.4) is 0 Å². The molecule has 2 aromatic rings. The number of aryl methyl sites for hydroxylation is 1. The van der Waals surface area contributed by atoms with E-state index in [-0.39, 0.29) is 35.8 Å². The lowest BCUT2D eigenvalue weighted by atomic mass is 10.2. The smallest absolute Gasteiger partial charge is 0.191 e. The zero-order chi connectivity index (χ0) is 20.4. The van der Waals surface area contributed by atoms with Gasteiger partial charge in [-0.25, -0.2) is 8.42 Å². The Labute approximate surface area is 191 Å². The first-order chi connectivity index (χ1) is 13.4. The molecular weight excluding hydrogens is 501 g/mol. The summed E-state index contributed by atoms with van der Waals surface area (Å²) in [6, 6.07) is 16.1. The van der Waals surface area contributed by atoms with Gasteiger partial charge in [-0.05, 0) is 37.6 Å². The van der Waals surface area contributed by atoms with Crippen LogP contribution in [0.1, 0.15) is 18.9 Å². The van der Waals surface area contributed by atoms with Gasteiger partial charge in [0.2, 0.25) is 0 Å². The standard InChI is InChI=1S/C21H29N3O3S.HI/c1-4-18(16-28(25,26)20-8-6-5-7-9-20)24-21(22-3)23-14-15-27-19-12-10-17(2)11-13-19;/h5-13,18H,4,14-16H2,1-3H3,(H2,22,23,24);1H. The summed E-state index contributed by atoms with van der Waals surface area (Å²) in [7, 11) is -1.70. The Morgan fingerprint density at radius 3 is 2.34 bits per heavy atom. The molecule has 6 nitrogen and oxygen atoms in total. The topological polar surface area (TPSA) is 79.8 Å². The van der Waals surface area contributed by atoms with Gasteiger partial charge in [0.1, 0.15) is 12.4 Å². The van der Waals surface area contributed by atoms with Gasteiger partial charge in [-0.1, -0.05) is 42.8 Å². The van der Waals surface area contributed by atoms with E-state index < -0.39 is 9.84 Å². The molecular formula is C21H30IN3O3S. The van der Waals surface area contributed by atoms with Crippen molar-refractivity contribution >= 4 is 39.8 Å². The van der Waals surface area contributed by atoms with Crippen LogP contribution in [0.15, 0.2) is 64.5 Å². The highest BCUT2D eigenvalue weighted by atomic mass is 127. The van der Waals surface area contributed by atoms with Gasteiger partial charge >= 0.3 is 0 Å². The summed E-state index contributed by atoms with van der Waals surface area (Å²) in [5.41, 5.74) is 1.19. The van der Waals surface area contributed by atoms with Gasteiger partial charge in [-0.15, -0.1) is 24.0 Å². The maximum absolute atomic E-state index is 12.6. The van der Waals surface area contributed by atoms with Crippen molar-refractivity contribution < 1.29 is 13.2 Å². The van der Waals surface area contributed by atoms with E-state index in [4.69, 9.17) is 4.74 Å². The first kappa shape index (κ1) is 25.2. The molecule has 0 radical (unpaired) electrons. The average molecular weight is 531 g/mol. The van der Waals surface area contributed by atoms with Crippen molar-refractivity contribution in [3.05, 3.63) is 60.2 Å². The molecule has 160 valence electrons. The fourth-order valence-corrected chi connectivity index (χ4v) is 4.22. The van der Waals surface area contributed by atoms with Gasteiger partial charge in [-0.3, -0.25) is 4.99 Å². The number of nitrogens with one attached hydrogen (secondary N) is 2. The van der Waals surface area contributed by atoms with Crippen LogP contribution in [-0.4, -0.2) is 46.4 Å². The van der Waals surface area contributed by atoms with Crippen molar-refractivity contribution in [1.29, 1.82) is 0 Å². The van der Waals surface area contributed by atoms with Gasteiger partial charge in [0.05, 0.1) is 17.2 Å². The predicted molar refractivity (Wildman–Crippen MR) is 129 cm³/mol. The number of hydrogen-bond donors (Lipinski definition) is 2. The second-order valence-corrected chi connectivity index (χ2v) is 8.54. The van der Waals surface area contributed by atoms with E-state index in [1.165, 1.54) is 5.56 Å². The summed E-state index contributed by atoms with van der Waals surface area (Å²) >= 11 is 0. The van der Waals surface area contributed by atoms with E-state index in [2.05, 4.69) is 15.6 Å². The molecule has 1 unspecified atom stereocenters. The van der Waals surface area contributed by atoms with E-state index in [0.717, 1.165) is 5.75 Å². The zero-order valence-corrected chi connectivity index (χ0v) is 20.2. The van der Waals surface area contributed by atoms with Crippen LogP contribution < -0.4 is 15.4 Å². The summed E-state index contributed by atoms with van der Waals surface area (Å²) in [4.78, 5) is 4.52. The van der Waals surface area contributed by atoms with Crippen molar-refractivity contribution in [2.45, 2.75) is 31.2 Å². The van der Waals surface area contributed by atoms with Gasteiger partial charge in [-0.2, -0.15) is 0 Å². The van der Waals surface area contributed by atoms with E-state index in [1.54, 1.807) is 37.4 Å². The van der Waals surface area contributed by atoms with E-state index >= 15 is 0 Å². The SMILES string of the molecule is CCC(CS(=O)(=O)c1ccccc1)NC(=NC)NCCOc1ccc(C)cc1.I. The predicted octanol–water partition coefficient (Wildman–Crippen LogP) is 3.41. The number of aliphatic imine (C=N–C) groups is 1. The summed E-state index contributed by atoms with van der Waals surface area (Å²) in [6.45, 7) is 5.01. The summed E-state index contributed by atoms with van der Waals surface area (Å²) in [5.74, 6) is 1.38. The number of hydrogen-bond acceptors (Lipinski definition) is 4. The Morgan fingerprint density at radius 1 is 1.10 bits per heavy atom. The van der Waals surface area contributed by atoms with Crippen molar-refractivity contribution in [3.8, 4) is 5.75 Å². The molecule has 1 atom stereocenters. The average Bonchev–Trinajstić information content (AvgIpc) is 2.71. The largest absolute Gasteiger partial charge is 0.492 e. The monoisotopic (exact) mass is 531 g/mol. The molecule has 0 amide bonds. The molecule has 0 heterocycles. The van der Waals surface area contributed by atoms with Crippen LogP contribution in [0.4, 0.5) is 0 Å². The summed E-state index contributed by atoms with van der Waals surface area (Å²) in [5, 5.41) is 6.35. The molecule has 0 aliphatic rings. The van der Waals surface area contributed by atoms with Crippen LogP contribution in [0, 0.1) is 6.92 Å². The fourth-order valence-electron chi connectivity index (χ4n) is 2.61. The second kappa shape index (κ2) is 12.7. The lowest BCUT2D eigenvalue weighted by molar-refractivity contribution is 0.321. The third kappa shape index (κ3) is 8.61. The molecule has 2 N–H and O–H groups in total. The van der Waals surface area contributed by atoms with E-state index in [9.17, 15) is 8.42 Å². The molecule has 0 aromatic heterocycles. The minimum Gasteiger partial charge on any atom is -0.492 e. The molecule has 0 fully saturated rings. The number of guanidine groups is 1. The first-order valence-electron chi connectivity index (χ1n) is 9.39.